The van der Waals surface area contributed by atoms with Crippen LogP contribution in [-0.4, -0.2) is 28.7 Å². The molecule has 0 aliphatic heterocycles. The molecule has 1 aliphatic rings. The fourth-order valence-electron chi connectivity index (χ4n) is 3.30. The molecule has 0 bridgehead atoms. The van der Waals surface area contributed by atoms with Crippen molar-refractivity contribution in [2.45, 2.75) is 25.2 Å². The molecule has 0 atom stereocenters. The number of thiazole rings is 1. The zero-order valence-electron chi connectivity index (χ0n) is 18.2. The van der Waals surface area contributed by atoms with Crippen LogP contribution in [0.25, 0.3) is 11.1 Å². The van der Waals surface area contributed by atoms with Gasteiger partial charge in [0.15, 0.2) is 10.8 Å². The number of nitrogens with one attached hydrogen (secondary N) is 2. The molecule has 0 spiro atoms. The van der Waals surface area contributed by atoms with Crippen molar-refractivity contribution in [2.24, 2.45) is 0 Å². The first-order valence-electron chi connectivity index (χ1n) is 10.4. The van der Waals surface area contributed by atoms with Crippen molar-refractivity contribution in [3.8, 4) is 29.5 Å². The summed E-state index contributed by atoms with van der Waals surface area (Å²) in [5, 5.41) is 14.9. The second-order valence-corrected chi connectivity index (χ2v) is 8.32. The number of carbonyl (C=O) groups excluding carboxylic acids is 2. The fourth-order valence-corrected chi connectivity index (χ4v) is 3.86. The van der Waals surface area contributed by atoms with Gasteiger partial charge >= 0.3 is 12.1 Å². The first-order valence-corrected chi connectivity index (χ1v) is 11.3. The van der Waals surface area contributed by atoms with Crippen LogP contribution in [0, 0.1) is 23.7 Å². The lowest BCUT2D eigenvalue weighted by Crippen LogP contribution is -2.49. The number of ether oxygens (including phenoxy) is 1. The number of terminal acetylenes is 1. The molecule has 3 aromatic rings. The third-order valence-electron chi connectivity index (χ3n) is 5.22. The van der Waals surface area contributed by atoms with Crippen molar-refractivity contribution in [3.63, 3.8) is 0 Å². The van der Waals surface area contributed by atoms with Crippen LogP contribution in [0.2, 0.25) is 0 Å². The van der Waals surface area contributed by atoms with Gasteiger partial charge in [-0.1, -0.05) is 18.2 Å². The Bertz CT molecular complexity index is 1300. The monoisotopic (exact) mass is 472 g/mol. The number of anilines is 2. The maximum atomic E-state index is 12.5. The van der Waals surface area contributed by atoms with Crippen LogP contribution in [0.3, 0.4) is 0 Å². The number of aromatic nitrogens is 2. The quantitative estimate of drug-likeness (QED) is 0.418. The Hall–Kier alpha value is -4.41. The van der Waals surface area contributed by atoms with E-state index in [2.05, 4.69) is 32.7 Å². The van der Waals surface area contributed by atoms with E-state index in [9.17, 15) is 14.9 Å². The molecule has 4 rings (SSSR count). The van der Waals surface area contributed by atoms with Gasteiger partial charge in [0.1, 0.15) is 5.82 Å². The van der Waals surface area contributed by atoms with Gasteiger partial charge in [-0.25, -0.2) is 25.0 Å². The number of amides is 3. The second-order valence-electron chi connectivity index (χ2n) is 7.46. The van der Waals surface area contributed by atoms with Crippen molar-refractivity contribution in [2.75, 3.05) is 16.9 Å². The molecular formula is C24H20N6O3S. The van der Waals surface area contributed by atoms with E-state index in [1.807, 2.05) is 24.3 Å². The number of carbonyl (C=O) groups is 2. The molecule has 10 heteroatoms. The van der Waals surface area contributed by atoms with Crippen molar-refractivity contribution < 1.29 is 14.3 Å². The number of hydrogen-bond donors (Lipinski definition) is 2. The van der Waals surface area contributed by atoms with E-state index in [-0.39, 0.29) is 23.7 Å². The number of hydrazine groups is 1. The Morgan fingerprint density at radius 3 is 2.74 bits per heavy atom. The van der Waals surface area contributed by atoms with Crippen molar-refractivity contribution in [1.82, 2.24) is 15.4 Å². The predicted molar refractivity (Wildman–Crippen MR) is 128 cm³/mol. The van der Waals surface area contributed by atoms with Crippen molar-refractivity contribution in [1.29, 1.82) is 5.26 Å². The summed E-state index contributed by atoms with van der Waals surface area (Å²) in [6.07, 6.45) is 7.80. The van der Waals surface area contributed by atoms with Gasteiger partial charge in [-0.15, -0.1) is 17.8 Å². The number of nitriles is 1. The smallest absolute Gasteiger partial charge is 0.435 e. The molecule has 2 N–H and O–H groups in total. The number of urea groups is 1. The topological polar surface area (TPSA) is 120 Å². The third kappa shape index (κ3) is 4.82. The van der Waals surface area contributed by atoms with Gasteiger partial charge in [-0.2, -0.15) is 10.3 Å². The van der Waals surface area contributed by atoms with Crippen molar-refractivity contribution >= 4 is 35.1 Å². The summed E-state index contributed by atoms with van der Waals surface area (Å²) in [7, 11) is 0. The van der Waals surface area contributed by atoms with E-state index in [1.165, 1.54) is 11.3 Å². The maximum absolute atomic E-state index is 12.5. The van der Waals surface area contributed by atoms with Crippen LogP contribution >= 0.6 is 11.3 Å². The summed E-state index contributed by atoms with van der Waals surface area (Å²) in [6, 6.07) is 12.8. The van der Waals surface area contributed by atoms with Gasteiger partial charge in [0.05, 0.1) is 18.1 Å². The second kappa shape index (κ2) is 9.61. The highest BCUT2D eigenvalue weighted by molar-refractivity contribution is 7.10. The summed E-state index contributed by atoms with van der Waals surface area (Å²) in [4.78, 5) is 33.3. The maximum Gasteiger partial charge on any atom is 0.435 e. The standard InChI is InChI=1S/C24H20N6O3S/c1-3-21-27-19(14-34-21)28-22(31)29-30(23(32)33-4-2)20-9-8-17(13-26-20)16-6-5-7-18(12-16)24(15-25)10-11-24/h1,5-9,12-14H,4,10-11H2,2H3,(H2,28,29,31). The molecule has 3 amide bonds. The number of rotatable bonds is 5. The van der Waals surface area contributed by atoms with E-state index in [0.29, 0.717) is 5.01 Å². The lowest BCUT2D eigenvalue weighted by molar-refractivity contribution is 0.156. The molecule has 0 saturated heterocycles. The average Bonchev–Trinajstić information content (AvgIpc) is 3.54. The molecule has 2 aromatic heterocycles. The van der Waals surface area contributed by atoms with Crippen LogP contribution < -0.4 is 15.8 Å². The van der Waals surface area contributed by atoms with Gasteiger partial charge in [0.25, 0.3) is 0 Å². The van der Waals surface area contributed by atoms with Gasteiger partial charge in [0, 0.05) is 17.1 Å². The lowest BCUT2D eigenvalue weighted by atomic mass is 9.94. The van der Waals surface area contributed by atoms with Gasteiger partial charge in [-0.05, 0) is 55.0 Å². The lowest BCUT2D eigenvalue weighted by Gasteiger charge is -2.21. The number of benzene rings is 1. The van der Waals surface area contributed by atoms with Gasteiger partial charge < -0.3 is 4.74 Å². The normalized spacial score (nSPS) is 13.1. The number of nitrogens with zero attached hydrogens (tertiary/aromatic N) is 4. The molecule has 170 valence electrons. The first-order chi connectivity index (χ1) is 16.5. The zero-order valence-corrected chi connectivity index (χ0v) is 19.1. The van der Waals surface area contributed by atoms with E-state index < -0.39 is 12.1 Å². The van der Waals surface area contributed by atoms with Crippen molar-refractivity contribution in [3.05, 3.63) is 58.5 Å². The minimum atomic E-state index is -0.799. The van der Waals surface area contributed by atoms with E-state index in [4.69, 9.17) is 11.2 Å². The highest BCUT2D eigenvalue weighted by Gasteiger charge is 2.44. The highest BCUT2D eigenvalue weighted by Crippen LogP contribution is 2.48. The van der Waals surface area contributed by atoms with Crippen LogP contribution in [0.5, 0.6) is 0 Å². The molecule has 2 heterocycles. The summed E-state index contributed by atoms with van der Waals surface area (Å²) >= 11 is 1.20. The Morgan fingerprint density at radius 2 is 2.12 bits per heavy atom. The fraction of sp³-hybridized carbons (Fsp3) is 0.208. The highest BCUT2D eigenvalue weighted by atomic mass is 32.1. The van der Waals surface area contributed by atoms with E-state index in [1.54, 1.807) is 30.6 Å². The van der Waals surface area contributed by atoms with E-state index in [0.717, 1.165) is 34.5 Å². The molecule has 34 heavy (non-hydrogen) atoms. The van der Waals surface area contributed by atoms with Crippen LogP contribution in [0.15, 0.2) is 48.0 Å². The van der Waals surface area contributed by atoms with Gasteiger partial charge in [-0.3, -0.25) is 5.32 Å². The SMILES string of the molecule is C#Cc1nc(NC(=O)NN(C(=O)OCC)c2ccc(-c3cccc(C4(C#N)CC4)c3)cn2)cs1. The van der Waals surface area contributed by atoms with Crippen LogP contribution in [0.1, 0.15) is 30.3 Å². The van der Waals surface area contributed by atoms with E-state index >= 15 is 0 Å². The van der Waals surface area contributed by atoms with Crippen LogP contribution in [-0.2, 0) is 10.2 Å². The Kier molecular flexibility index (Phi) is 6.44. The number of hydrogen-bond acceptors (Lipinski definition) is 7. The molecule has 9 nitrogen and oxygen atoms in total. The average molecular weight is 473 g/mol. The molecule has 0 unspecified atom stereocenters. The summed E-state index contributed by atoms with van der Waals surface area (Å²) in [5.41, 5.74) is 4.72. The Labute approximate surface area is 200 Å². The molecular weight excluding hydrogens is 452 g/mol. The van der Waals surface area contributed by atoms with Crippen LogP contribution in [0.4, 0.5) is 21.2 Å². The number of pyridine rings is 1. The summed E-state index contributed by atoms with van der Waals surface area (Å²) < 4.78 is 5.05. The molecule has 1 aromatic carbocycles. The predicted octanol–water partition coefficient (Wildman–Crippen LogP) is 4.44. The minimum Gasteiger partial charge on any atom is -0.448 e. The summed E-state index contributed by atoms with van der Waals surface area (Å²) in [5.74, 6) is 2.80. The third-order valence-corrected chi connectivity index (χ3v) is 6.00. The molecule has 1 saturated carbocycles. The zero-order chi connectivity index (χ0) is 24.1. The molecule has 1 aliphatic carbocycles. The molecule has 1 fully saturated rings. The summed E-state index contributed by atoms with van der Waals surface area (Å²) in [6.45, 7) is 1.77. The Morgan fingerprint density at radius 1 is 1.29 bits per heavy atom. The minimum absolute atomic E-state index is 0.113. The molecule has 0 radical (unpaired) electrons. The first kappa shape index (κ1) is 22.8. The van der Waals surface area contributed by atoms with Gasteiger partial charge in [0.2, 0.25) is 0 Å². The Balaban J connectivity index is 1.53. The largest absolute Gasteiger partial charge is 0.448 e.